The van der Waals surface area contributed by atoms with Crippen molar-refractivity contribution in [3.05, 3.63) is 96.6 Å². The van der Waals surface area contributed by atoms with Crippen LogP contribution in [0.3, 0.4) is 0 Å². The number of carbonyl (C=O) groups is 1. The Kier molecular flexibility index (Phi) is 7.51. The zero-order chi connectivity index (χ0) is 21.3. The van der Waals surface area contributed by atoms with Gasteiger partial charge >= 0.3 is 0 Å². The number of carbonyl (C=O) groups excluding carboxylic acids is 1. The van der Waals surface area contributed by atoms with Gasteiger partial charge in [0.25, 0.3) is 0 Å². The summed E-state index contributed by atoms with van der Waals surface area (Å²) in [5.41, 5.74) is 3.59. The molecule has 0 aromatic heterocycles. The molecule has 3 heteroatoms. The van der Waals surface area contributed by atoms with E-state index in [-0.39, 0.29) is 0 Å². The van der Waals surface area contributed by atoms with Crippen LogP contribution in [-0.4, -0.2) is 36.9 Å². The Morgan fingerprint density at radius 2 is 1.29 bits per heavy atom. The van der Waals surface area contributed by atoms with Crippen LogP contribution in [0.5, 0.6) is 0 Å². The molecule has 4 rings (SSSR count). The molecule has 160 valence electrons. The smallest absolute Gasteiger partial charge is 0.137 e. The monoisotopic (exact) mass is 412 g/mol. The molecule has 1 saturated heterocycles. The maximum Gasteiger partial charge on any atom is 0.137 e. The molecule has 3 aromatic carbocycles. The van der Waals surface area contributed by atoms with Gasteiger partial charge in [-0.25, -0.2) is 0 Å². The van der Waals surface area contributed by atoms with Crippen molar-refractivity contribution in [1.82, 2.24) is 4.90 Å². The van der Waals surface area contributed by atoms with Gasteiger partial charge in [0.15, 0.2) is 0 Å². The van der Waals surface area contributed by atoms with E-state index in [1.807, 2.05) is 30.3 Å². The molecule has 0 unspecified atom stereocenters. The molecule has 1 fully saturated rings. The number of Topliss-reactive ketones (excluding diaryl/α,β-unsaturated/α-hetero) is 1. The Bertz CT molecular complexity index is 880. The molecule has 0 atom stereocenters. The van der Waals surface area contributed by atoms with Crippen LogP contribution in [-0.2, 0) is 11.2 Å². The quantitative estimate of drug-likeness (QED) is 0.448. The van der Waals surface area contributed by atoms with E-state index in [4.69, 9.17) is 0 Å². The number of piperidine rings is 1. The zero-order valence-corrected chi connectivity index (χ0v) is 18.2. The maximum atomic E-state index is 12.5. The number of hydrogen-bond donors (Lipinski definition) is 0. The highest BCUT2D eigenvalue weighted by atomic mass is 16.1. The van der Waals surface area contributed by atoms with Crippen LogP contribution in [0.15, 0.2) is 91.0 Å². The van der Waals surface area contributed by atoms with E-state index in [2.05, 4.69) is 70.5 Å². The second-order valence-corrected chi connectivity index (χ2v) is 8.51. The fraction of sp³-hybridized carbons (Fsp3) is 0.321. The van der Waals surface area contributed by atoms with E-state index in [0.717, 1.165) is 51.0 Å². The standard InChI is InChI=1S/C28H32N2O/c31-28(22-24-10-4-1-5-11-24)23-25-16-18-29(19-17-25)20-21-30(26-12-6-2-7-13-26)27-14-8-3-9-15-27/h1-15,25H,16-23H2. The van der Waals surface area contributed by atoms with Crippen LogP contribution in [0, 0.1) is 5.92 Å². The highest BCUT2D eigenvalue weighted by molar-refractivity contribution is 5.81. The number of ketones is 1. The number of nitrogens with zero attached hydrogens (tertiary/aromatic N) is 2. The minimum atomic E-state index is 0.379. The second-order valence-electron chi connectivity index (χ2n) is 8.51. The Labute approximate surface area is 186 Å². The molecule has 31 heavy (non-hydrogen) atoms. The van der Waals surface area contributed by atoms with Crippen molar-refractivity contribution >= 4 is 17.2 Å². The van der Waals surface area contributed by atoms with Gasteiger partial charge < -0.3 is 9.80 Å². The lowest BCUT2D eigenvalue weighted by atomic mass is 9.90. The topological polar surface area (TPSA) is 23.6 Å². The van der Waals surface area contributed by atoms with Crippen molar-refractivity contribution in [3.8, 4) is 0 Å². The third-order valence-corrected chi connectivity index (χ3v) is 6.24. The number of likely N-dealkylation sites (tertiary alicyclic amines) is 1. The van der Waals surface area contributed by atoms with Crippen molar-refractivity contribution in [1.29, 1.82) is 0 Å². The van der Waals surface area contributed by atoms with E-state index < -0.39 is 0 Å². The van der Waals surface area contributed by atoms with Crippen molar-refractivity contribution < 1.29 is 4.79 Å². The van der Waals surface area contributed by atoms with Crippen LogP contribution in [0.4, 0.5) is 11.4 Å². The normalized spacial score (nSPS) is 15.0. The first kappa shape index (κ1) is 21.3. The zero-order valence-electron chi connectivity index (χ0n) is 18.2. The van der Waals surface area contributed by atoms with Gasteiger partial charge in [-0.15, -0.1) is 0 Å². The van der Waals surface area contributed by atoms with Gasteiger partial charge in [-0.05, 0) is 61.7 Å². The SMILES string of the molecule is O=C(Cc1ccccc1)CC1CCN(CCN(c2ccccc2)c2ccccc2)CC1. The lowest BCUT2D eigenvalue weighted by Gasteiger charge is -2.34. The molecule has 0 saturated carbocycles. The summed E-state index contributed by atoms with van der Waals surface area (Å²) < 4.78 is 0. The molecule has 1 aliphatic rings. The van der Waals surface area contributed by atoms with Gasteiger partial charge in [0.05, 0.1) is 0 Å². The summed E-state index contributed by atoms with van der Waals surface area (Å²) in [6.45, 7) is 4.17. The molecular formula is C28H32N2O. The fourth-order valence-electron chi connectivity index (χ4n) is 4.50. The third kappa shape index (κ3) is 6.28. The second kappa shape index (κ2) is 10.9. The summed E-state index contributed by atoms with van der Waals surface area (Å²) in [5.74, 6) is 0.913. The molecule has 0 N–H and O–H groups in total. The first-order chi connectivity index (χ1) is 15.3. The Morgan fingerprint density at radius 1 is 0.774 bits per heavy atom. The van der Waals surface area contributed by atoms with Gasteiger partial charge in [0, 0.05) is 37.3 Å². The minimum Gasteiger partial charge on any atom is -0.340 e. The van der Waals surface area contributed by atoms with E-state index >= 15 is 0 Å². The van der Waals surface area contributed by atoms with Gasteiger partial charge in [-0.3, -0.25) is 4.79 Å². The summed E-state index contributed by atoms with van der Waals surface area (Å²) in [4.78, 5) is 17.4. The number of rotatable bonds is 9. The molecular weight excluding hydrogens is 380 g/mol. The average molecular weight is 413 g/mol. The highest BCUT2D eigenvalue weighted by Crippen LogP contribution is 2.26. The van der Waals surface area contributed by atoms with Crippen molar-refractivity contribution in [3.63, 3.8) is 0 Å². The maximum absolute atomic E-state index is 12.5. The first-order valence-electron chi connectivity index (χ1n) is 11.4. The number of anilines is 2. The fourth-order valence-corrected chi connectivity index (χ4v) is 4.50. The molecule has 0 spiro atoms. The summed E-state index contributed by atoms with van der Waals surface area (Å²) in [6, 6.07) is 31.4. The molecule has 1 heterocycles. The third-order valence-electron chi connectivity index (χ3n) is 6.24. The van der Waals surface area contributed by atoms with Gasteiger partial charge in [0.2, 0.25) is 0 Å². The predicted octanol–water partition coefficient (Wildman–Crippen LogP) is 5.74. The van der Waals surface area contributed by atoms with E-state index in [1.54, 1.807) is 0 Å². The van der Waals surface area contributed by atoms with Crippen LogP contribution < -0.4 is 4.90 Å². The number of para-hydroxylation sites is 2. The van der Waals surface area contributed by atoms with E-state index in [1.165, 1.54) is 11.4 Å². The Morgan fingerprint density at radius 3 is 1.84 bits per heavy atom. The lowest BCUT2D eigenvalue weighted by molar-refractivity contribution is -0.119. The minimum absolute atomic E-state index is 0.379. The number of hydrogen-bond acceptors (Lipinski definition) is 3. The summed E-state index contributed by atoms with van der Waals surface area (Å²) in [6.07, 6.45) is 3.54. The summed E-state index contributed by atoms with van der Waals surface area (Å²) >= 11 is 0. The molecule has 3 aromatic rings. The van der Waals surface area contributed by atoms with E-state index in [0.29, 0.717) is 18.1 Å². The van der Waals surface area contributed by atoms with Crippen LogP contribution in [0.1, 0.15) is 24.8 Å². The van der Waals surface area contributed by atoms with Gasteiger partial charge in [0.1, 0.15) is 5.78 Å². The summed E-state index contributed by atoms with van der Waals surface area (Å²) in [5, 5.41) is 0. The molecule has 1 aliphatic heterocycles. The van der Waals surface area contributed by atoms with Crippen molar-refractivity contribution in [2.24, 2.45) is 5.92 Å². The lowest BCUT2D eigenvalue weighted by Crippen LogP contribution is -2.39. The first-order valence-corrected chi connectivity index (χ1v) is 11.4. The molecule has 0 bridgehead atoms. The van der Waals surface area contributed by atoms with Crippen molar-refractivity contribution in [2.45, 2.75) is 25.7 Å². The number of benzene rings is 3. The average Bonchev–Trinajstić information content (AvgIpc) is 2.82. The molecule has 3 nitrogen and oxygen atoms in total. The van der Waals surface area contributed by atoms with E-state index in [9.17, 15) is 4.79 Å². The van der Waals surface area contributed by atoms with Crippen LogP contribution in [0.2, 0.25) is 0 Å². The Hall–Kier alpha value is -2.91. The van der Waals surface area contributed by atoms with Gasteiger partial charge in [-0.1, -0.05) is 66.7 Å². The molecule has 0 radical (unpaired) electrons. The van der Waals surface area contributed by atoms with Crippen LogP contribution >= 0.6 is 0 Å². The predicted molar refractivity (Wildman–Crippen MR) is 129 cm³/mol. The molecule has 0 aliphatic carbocycles. The largest absolute Gasteiger partial charge is 0.340 e. The summed E-state index contributed by atoms with van der Waals surface area (Å²) in [7, 11) is 0. The molecule has 0 amide bonds. The van der Waals surface area contributed by atoms with Crippen molar-refractivity contribution in [2.75, 3.05) is 31.1 Å². The van der Waals surface area contributed by atoms with Gasteiger partial charge in [-0.2, -0.15) is 0 Å². The van der Waals surface area contributed by atoms with Crippen LogP contribution in [0.25, 0.3) is 0 Å². The Balaban J connectivity index is 1.26. The highest BCUT2D eigenvalue weighted by Gasteiger charge is 2.22.